The molecule has 0 bridgehead atoms. The Bertz CT molecular complexity index is 1620. The molecule has 0 radical (unpaired) electrons. The van der Waals surface area contributed by atoms with E-state index in [0.29, 0.717) is 37.2 Å². The molecular weight excluding hydrogens is 549 g/mol. The van der Waals surface area contributed by atoms with Crippen molar-refractivity contribution in [1.82, 2.24) is 14.8 Å². The monoisotopic (exact) mass is 580 g/mol. The van der Waals surface area contributed by atoms with E-state index in [0.717, 1.165) is 0 Å². The number of pyridine rings is 1. The van der Waals surface area contributed by atoms with Crippen LogP contribution in [0.25, 0.3) is 27.2 Å². The summed E-state index contributed by atoms with van der Waals surface area (Å²) in [4.78, 5) is 38.4. The van der Waals surface area contributed by atoms with E-state index in [1.807, 2.05) is 13.8 Å². The third-order valence-corrected chi connectivity index (χ3v) is 8.83. The molecule has 2 saturated carbocycles. The number of rotatable bonds is 4. The van der Waals surface area contributed by atoms with Gasteiger partial charge in [-0.3, -0.25) is 9.59 Å². The molecule has 42 heavy (non-hydrogen) atoms. The molecule has 2 aliphatic carbocycles. The van der Waals surface area contributed by atoms with Crippen molar-refractivity contribution in [3.05, 3.63) is 65.0 Å². The Kier molecular flexibility index (Phi) is 6.25. The number of hydrogen-bond donors (Lipinski definition) is 1. The maximum Gasteiger partial charge on any atom is 0.290 e. The standard InChI is InChI=1S/C31H31F3N4O4/c1-28(2)17-37(26(39)19-13-29(3,41)14-19)9-10-38(28)27(40)24-12-23-25(42-24)21(30(35-4)15-31(33,34)16-30)11-22(36-23)18-5-7-20(32)8-6-18/h5-8,11-12,19,41H,9-10,13-17H2,1-3H3. The van der Waals surface area contributed by atoms with Crippen molar-refractivity contribution in [1.29, 1.82) is 0 Å². The van der Waals surface area contributed by atoms with Gasteiger partial charge >= 0.3 is 0 Å². The van der Waals surface area contributed by atoms with Crippen molar-refractivity contribution in [2.24, 2.45) is 5.92 Å². The lowest BCUT2D eigenvalue weighted by Gasteiger charge is -2.49. The molecule has 6 rings (SSSR count). The summed E-state index contributed by atoms with van der Waals surface area (Å²) in [5.41, 5.74) is -1.70. The largest absolute Gasteiger partial charge is 0.449 e. The number of nitrogens with zero attached hydrogens (tertiary/aromatic N) is 4. The van der Waals surface area contributed by atoms with Crippen LogP contribution in [0.1, 0.15) is 62.6 Å². The molecule has 3 fully saturated rings. The van der Waals surface area contributed by atoms with Crippen LogP contribution in [0.15, 0.2) is 40.8 Å². The van der Waals surface area contributed by atoms with Crippen molar-refractivity contribution in [2.75, 3.05) is 19.6 Å². The topological polar surface area (TPSA) is 91.2 Å². The molecule has 8 nitrogen and oxygen atoms in total. The number of alkyl halides is 2. The molecule has 1 N–H and O–H groups in total. The van der Waals surface area contributed by atoms with Crippen molar-refractivity contribution >= 4 is 22.9 Å². The van der Waals surface area contributed by atoms with Crippen molar-refractivity contribution in [2.45, 2.75) is 69.1 Å². The summed E-state index contributed by atoms with van der Waals surface area (Å²) in [6, 6.07) is 8.50. The van der Waals surface area contributed by atoms with Gasteiger partial charge in [0.05, 0.1) is 35.2 Å². The second kappa shape index (κ2) is 9.30. The van der Waals surface area contributed by atoms with Gasteiger partial charge in [0.2, 0.25) is 5.91 Å². The summed E-state index contributed by atoms with van der Waals surface area (Å²) >= 11 is 0. The molecule has 11 heteroatoms. The highest BCUT2D eigenvalue weighted by atomic mass is 19.3. The van der Waals surface area contributed by atoms with Crippen LogP contribution in [0.3, 0.4) is 0 Å². The van der Waals surface area contributed by atoms with Gasteiger partial charge in [-0.2, -0.15) is 0 Å². The zero-order valence-electron chi connectivity index (χ0n) is 23.6. The molecule has 3 aliphatic rings. The van der Waals surface area contributed by atoms with Gasteiger partial charge < -0.3 is 24.2 Å². The molecule has 0 spiro atoms. The quantitative estimate of drug-likeness (QED) is 0.418. The van der Waals surface area contributed by atoms with E-state index in [2.05, 4.69) is 9.83 Å². The smallest absolute Gasteiger partial charge is 0.290 e. The Balaban J connectivity index is 1.33. The molecule has 0 unspecified atom stereocenters. The lowest BCUT2D eigenvalue weighted by Crippen LogP contribution is -2.63. The Morgan fingerprint density at radius 2 is 1.76 bits per heavy atom. The molecule has 220 valence electrons. The van der Waals surface area contributed by atoms with Crippen LogP contribution < -0.4 is 0 Å². The Hall–Kier alpha value is -3.91. The fourth-order valence-corrected chi connectivity index (χ4v) is 6.66. The Labute approximate surface area is 240 Å². The summed E-state index contributed by atoms with van der Waals surface area (Å²) in [6.45, 7) is 14.1. The average molecular weight is 581 g/mol. The van der Waals surface area contributed by atoms with Gasteiger partial charge in [0.25, 0.3) is 17.4 Å². The number of carbonyl (C=O) groups excluding carboxylic acids is 2. The minimum atomic E-state index is -3.00. The van der Waals surface area contributed by atoms with E-state index in [4.69, 9.17) is 11.0 Å². The molecule has 3 aromatic rings. The number of carbonyl (C=O) groups is 2. The highest BCUT2D eigenvalue weighted by Crippen LogP contribution is 2.56. The van der Waals surface area contributed by atoms with E-state index >= 15 is 0 Å². The normalized spacial score (nSPS) is 25.8. The van der Waals surface area contributed by atoms with Crippen molar-refractivity contribution < 1.29 is 32.3 Å². The number of halogens is 3. The molecule has 1 aliphatic heterocycles. The first-order valence-electron chi connectivity index (χ1n) is 13.9. The van der Waals surface area contributed by atoms with Crippen LogP contribution in [-0.4, -0.2) is 68.4 Å². The van der Waals surface area contributed by atoms with Crippen LogP contribution in [0.5, 0.6) is 0 Å². The second-order valence-corrected chi connectivity index (χ2v) is 12.9. The van der Waals surface area contributed by atoms with Crippen LogP contribution in [0, 0.1) is 18.3 Å². The van der Waals surface area contributed by atoms with Gasteiger partial charge in [0.15, 0.2) is 11.3 Å². The fraction of sp³-hybridized carbons (Fsp3) is 0.484. The number of benzene rings is 1. The Morgan fingerprint density at radius 3 is 2.33 bits per heavy atom. The van der Waals surface area contributed by atoms with E-state index in [9.17, 15) is 27.9 Å². The average Bonchev–Trinajstić information content (AvgIpc) is 3.33. The third kappa shape index (κ3) is 4.71. The molecule has 0 atom stereocenters. The van der Waals surface area contributed by atoms with E-state index in [1.54, 1.807) is 16.7 Å². The van der Waals surface area contributed by atoms with Gasteiger partial charge in [0.1, 0.15) is 11.3 Å². The minimum Gasteiger partial charge on any atom is -0.449 e. The lowest BCUT2D eigenvalue weighted by molar-refractivity contribution is -0.153. The predicted molar refractivity (Wildman–Crippen MR) is 147 cm³/mol. The van der Waals surface area contributed by atoms with Gasteiger partial charge in [0, 0.05) is 37.2 Å². The Morgan fingerprint density at radius 1 is 1.10 bits per heavy atom. The van der Waals surface area contributed by atoms with Gasteiger partial charge in [-0.25, -0.2) is 24.7 Å². The first-order valence-corrected chi connectivity index (χ1v) is 13.9. The van der Waals surface area contributed by atoms with Crippen LogP contribution >= 0.6 is 0 Å². The SMILES string of the molecule is [C-]#[N+]C1(c2cc(-c3ccc(F)cc3)nc3cc(C(=O)N4CCN(C(=O)C5CC(C)(O)C5)CC4(C)C)oc23)CC(F)(F)C1. The molecule has 3 heterocycles. The van der Waals surface area contributed by atoms with E-state index in [-0.39, 0.29) is 40.8 Å². The van der Waals surface area contributed by atoms with Crippen molar-refractivity contribution in [3.8, 4) is 11.3 Å². The number of amides is 2. The van der Waals surface area contributed by atoms with Crippen LogP contribution in [0.4, 0.5) is 13.2 Å². The summed E-state index contributed by atoms with van der Waals surface area (Å²) in [5, 5.41) is 10.1. The maximum atomic E-state index is 14.1. The summed E-state index contributed by atoms with van der Waals surface area (Å²) < 4.78 is 47.8. The second-order valence-electron chi connectivity index (χ2n) is 12.9. The minimum absolute atomic E-state index is 0.0330. The maximum absolute atomic E-state index is 14.1. The molecular formula is C31H31F3N4O4. The summed E-state index contributed by atoms with van der Waals surface area (Å²) in [7, 11) is 0. The van der Waals surface area contributed by atoms with Crippen LogP contribution in [-0.2, 0) is 10.3 Å². The predicted octanol–water partition coefficient (Wildman–Crippen LogP) is 5.40. The van der Waals surface area contributed by atoms with Gasteiger partial charge in [-0.1, -0.05) is 0 Å². The summed E-state index contributed by atoms with van der Waals surface area (Å²) in [6.07, 6.45) is -0.543. The zero-order chi connectivity index (χ0) is 30.2. The number of aromatic nitrogens is 1. The highest BCUT2D eigenvalue weighted by Gasteiger charge is 2.65. The molecule has 2 aromatic heterocycles. The van der Waals surface area contributed by atoms with Gasteiger partial charge in [-0.05, 0) is 63.9 Å². The van der Waals surface area contributed by atoms with E-state index in [1.165, 1.54) is 36.4 Å². The molecule has 2 amide bonds. The number of fused-ring (bicyclic) bond motifs is 1. The third-order valence-electron chi connectivity index (χ3n) is 8.83. The van der Waals surface area contributed by atoms with Crippen LogP contribution in [0.2, 0.25) is 0 Å². The number of piperazine rings is 1. The number of aliphatic hydroxyl groups is 1. The van der Waals surface area contributed by atoms with Gasteiger partial charge in [-0.15, -0.1) is 0 Å². The highest BCUT2D eigenvalue weighted by molar-refractivity contribution is 5.97. The van der Waals surface area contributed by atoms with Crippen molar-refractivity contribution in [3.63, 3.8) is 0 Å². The molecule has 1 aromatic carbocycles. The van der Waals surface area contributed by atoms with E-state index < -0.39 is 47.2 Å². The summed E-state index contributed by atoms with van der Waals surface area (Å²) in [5.74, 6) is -4.21. The first kappa shape index (κ1) is 28.2. The first-order chi connectivity index (χ1) is 19.6. The zero-order valence-corrected chi connectivity index (χ0v) is 23.6. The lowest BCUT2D eigenvalue weighted by atomic mass is 9.69. The number of furan rings is 1. The number of hydrogen-bond acceptors (Lipinski definition) is 5. The molecule has 1 saturated heterocycles. The fourth-order valence-electron chi connectivity index (χ4n) is 6.66.